The van der Waals surface area contributed by atoms with Crippen molar-refractivity contribution < 1.29 is 0 Å². The van der Waals surface area contributed by atoms with E-state index in [1.54, 1.807) is 0 Å². The third kappa shape index (κ3) is 2.47. The van der Waals surface area contributed by atoms with Crippen LogP contribution in [0, 0.1) is 0 Å². The second kappa shape index (κ2) is 4.90. The van der Waals surface area contributed by atoms with Gasteiger partial charge in [-0.3, -0.25) is 0 Å². The van der Waals surface area contributed by atoms with Crippen molar-refractivity contribution in [2.24, 2.45) is 0 Å². The van der Waals surface area contributed by atoms with Crippen LogP contribution in [0.2, 0.25) is 0 Å². The first-order valence-electron chi connectivity index (χ1n) is 5.48. The van der Waals surface area contributed by atoms with Crippen LogP contribution >= 0.6 is 11.8 Å². The van der Waals surface area contributed by atoms with Gasteiger partial charge in [0, 0.05) is 21.9 Å². The molecule has 0 spiro atoms. The van der Waals surface area contributed by atoms with Crippen molar-refractivity contribution in [1.29, 1.82) is 0 Å². The number of benzene rings is 1. The van der Waals surface area contributed by atoms with E-state index in [1.165, 1.54) is 17.0 Å². The van der Waals surface area contributed by atoms with Crippen LogP contribution in [0.25, 0.3) is 0 Å². The van der Waals surface area contributed by atoms with Crippen LogP contribution in [0.4, 0.5) is 5.69 Å². The standard InChI is InChI=1S/C12H18N2S/c1-9-11(7-8-13-2)15-12-6-4-3-5-10(12)14-9/h3-6,9,11,13-14H,7-8H2,1-2H3. The molecular formula is C12H18N2S. The molecule has 15 heavy (non-hydrogen) atoms. The van der Waals surface area contributed by atoms with E-state index in [9.17, 15) is 0 Å². The average molecular weight is 222 g/mol. The summed E-state index contributed by atoms with van der Waals surface area (Å²) < 4.78 is 0. The molecular weight excluding hydrogens is 204 g/mol. The van der Waals surface area contributed by atoms with Crippen LogP contribution in [0.15, 0.2) is 29.2 Å². The Morgan fingerprint density at radius 2 is 2.20 bits per heavy atom. The molecule has 0 amide bonds. The van der Waals surface area contributed by atoms with Crippen molar-refractivity contribution in [3.05, 3.63) is 24.3 Å². The van der Waals surface area contributed by atoms with Gasteiger partial charge in [0.15, 0.2) is 0 Å². The summed E-state index contributed by atoms with van der Waals surface area (Å²) in [4.78, 5) is 1.39. The van der Waals surface area contributed by atoms with E-state index < -0.39 is 0 Å². The Balaban J connectivity index is 2.08. The number of fused-ring (bicyclic) bond motifs is 1. The number of hydrogen-bond donors (Lipinski definition) is 2. The summed E-state index contributed by atoms with van der Waals surface area (Å²) >= 11 is 2.00. The van der Waals surface area contributed by atoms with Gasteiger partial charge in [0.2, 0.25) is 0 Å². The summed E-state index contributed by atoms with van der Waals surface area (Å²) in [7, 11) is 2.01. The zero-order valence-corrected chi connectivity index (χ0v) is 10.1. The molecule has 0 radical (unpaired) electrons. The normalized spacial score (nSPS) is 24.4. The van der Waals surface area contributed by atoms with Gasteiger partial charge in [-0.15, -0.1) is 11.8 Å². The molecule has 0 bridgehead atoms. The van der Waals surface area contributed by atoms with E-state index in [0.29, 0.717) is 11.3 Å². The van der Waals surface area contributed by atoms with Gasteiger partial charge in [0.25, 0.3) is 0 Å². The first-order chi connectivity index (χ1) is 7.31. The molecule has 2 N–H and O–H groups in total. The van der Waals surface area contributed by atoms with Crippen molar-refractivity contribution in [2.45, 2.75) is 29.5 Å². The van der Waals surface area contributed by atoms with E-state index >= 15 is 0 Å². The molecule has 0 aliphatic carbocycles. The van der Waals surface area contributed by atoms with Crippen molar-refractivity contribution in [3.8, 4) is 0 Å². The van der Waals surface area contributed by atoms with Crippen LogP contribution in [0.5, 0.6) is 0 Å². The highest BCUT2D eigenvalue weighted by Gasteiger charge is 2.24. The quantitative estimate of drug-likeness (QED) is 0.822. The second-order valence-corrected chi connectivity index (χ2v) is 5.26. The fraction of sp³-hybridized carbons (Fsp3) is 0.500. The maximum Gasteiger partial charge on any atom is 0.0480 e. The third-order valence-corrected chi connectivity index (χ3v) is 4.34. The predicted octanol–water partition coefficient (Wildman–Crippen LogP) is 2.57. The van der Waals surface area contributed by atoms with Gasteiger partial charge >= 0.3 is 0 Å². The predicted molar refractivity (Wildman–Crippen MR) is 67.7 cm³/mol. The molecule has 0 aromatic heterocycles. The average Bonchev–Trinajstić information content (AvgIpc) is 2.26. The zero-order chi connectivity index (χ0) is 10.7. The monoisotopic (exact) mass is 222 g/mol. The minimum Gasteiger partial charge on any atom is -0.381 e. The van der Waals surface area contributed by atoms with E-state index in [2.05, 4.69) is 41.8 Å². The Kier molecular flexibility index (Phi) is 3.54. The molecule has 2 rings (SSSR count). The Labute approximate surface area is 95.8 Å². The van der Waals surface area contributed by atoms with Crippen molar-refractivity contribution in [2.75, 3.05) is 18.9 Å². The summed E-state index contributed by atoms with van der Waals surface area (Å²) in [5, 5.41) is 7.46. The molecule has 1 aromatic carbocycles. The Morgan fingerprint density at radius 3 is 3.00 bits per heavy atom. The lowest BCUT2D eigenvalue weighted by atomic mass is 10.1. The molecule has 3 heteroatoms. The molecule has 1 aliphatic rings. The Hall–Kier alpha value is -0.670. The largest absolute Gasteiger partial charge is 0.381 e. The number of anilines is 1. The van der Waals surface area contributed by atoms with E-state index in [1.807, 2.05) is 18.8 Å². The smallest absolute Gasteiger partial charge is 0.0480 e. The van der Waals surface area contributed by atoms with Crippen LogP contribution in [0.1, 0.15) is 13.3 Å². The van der Waals surface area contributed by atoms with E-state index in [-0.39, 0.29) is 0 Å². The molecule has 1 aromatic rings. The molecule has 2 nitrogen and oxygen atoms in total. The van der Waals surface area contributed by atoms with Gasteiger partial charge in [-0.25, -0.2) is 0 Å². The summed E-state index contributed by atoms with van der Waals surface area (Å²) in [6.07, 6.45) is 1.21. The highest BCUT2D eigenvalue weighted by molar-refractivity contribution is 8.00. The molecule has 0 fully saturated rings. The molecule has 2 unspecified atom stereocenters. The maximum atomic E-state index is 3.57. The van der Waals surface area contributed by atoms with Gasteiger partial charge < -0.3 is 10.6 Å². The lowest BCUT2D eigenvalue weighted by Crippen LogP contribution is -2.33. The lowest BCUT2D eigenvalue weighted by molar-refractivity contribution is 0.634. The fourth-order valence-electron chi connectivity index (χ4n) is 1.89. The van der Waals surface area contributed by atoms with Crippen molar-refractivity contribution >= 4 is 17.4 Å². The summed E-state index contributed by atoms with van der Waals surface area (Å²) in [5.74, 6) is 0. The van der Waals surface area contributed by atoms with Gasteiger partial charge in [-0.05, 0) is 39.1 Å². The minimum absolute atomic E-state index is 0.554. The first kappa shape index (κ1) is 10.8. The summed E-state index contributed by atoms with van der Waals surface area (Å²) in [6.45, 7) is 3.36. The van der Waals surface area contributed by atoms with Crippen LogP contribution in [-0.2, 0) is 0 Å². The van der Waals surface area contributed by atoms with Crippen molar-refractivity contribution in [3.63, 3.8) is 0 Å². The number of thioether (sulfide) groups is 1. The Morgan fingerprint density at radius 1 is 1.40 bits per heavy atom. The van der Waals surface area contributed by atoms with Gasteiger partial charge in [-0.2, -0.15) is 0 Å². The third-order valence-electron chi connectivity index (χ3n) is 2.79. The number of rotatable bonds is 3. The second-order valence-electron chi connectivity index (χ2n) is 3.98. The molecule has 0 saturated carbocycles. The molecule has 82 valence electrons. The summed E-state index contributed by atoms with van der Waals surface area (Å²) in [5.41, 5.74) is 1.29. The molecule has 0 saturated heterocycles. The van der Waals surface area contributed by atoms with E-state index in [0.717, 1.165) is 6.54 Å². The van der Waals surface area contributed by atoms with Crippen LogP contribution in [0.3, 0.4) is 0 Å². The Bertz CT molecular complexity index is 327. The summed E-state index contributed by atoms with van der Waals surface area (Å²) in [6, 6.07) is 9.11. The number of hydrogen-bond acceptors (Lipinski definition) is 3. The van der Waals surface area contributed by atoms with Gasteiger partial charge in [0.05, 0.1) is 0 Å². The van der Waals surface area contributed by atoms with Crippen LogP contribution in [-0.4, -0.2) is 24.9 Å². The van der Waals surface area contributed by atoms with Gasteiger partial charge in [0.1, 0.15) is 0 Å². The van der Waals surface area contributed by atoms with Crippen molar-refractivity contribution in [1.82, 2.24) is 5.32 Å². The highest BCUT2D eigenvalue weighted by atomic mass is 32.2. The van der Waals surface area contributed by atoms with Crippen LogP contribution < -0.4 is 10.6 Å². The topological polar surface area (TPSA) is 24.1 Å². The van der Waals surface area contributed by atoms with E-state index in [4.69, 9.17) is 0 Å². The lowest BCUT2D eigenvalue weighted by Gasteiger charge is -2.31. The number of para-hydroxylation sites is 1. The number of nitrogens with one attached hydrogen (secondary N) is 2. The highest BCUT2D eigenvalue weighted by Crippen LogP contribution is 2.38. The zero-order valence-electron chi connectivity index (χ0n) is 9.29. The maximum absolute atomic E-state index is 3.57. The SMILES string of the molecule is CNCCC1Sc2ccccc2NC1C. The fourth-order valence-corrected chi connectivity index (χ4v) is 3.13. The minimum atomic E-state index is 0.554. The first-order valence-corrected chi connectivity index (χ1v) is 6.36. The molecule has 1 aliphatic heterocycles. The van der Waals surface area contributed by atoms with Gasteiger partial charge in [-0.1, -0.05) is 12.1 Å². The molecule has 2 atom stereocenters. The molecule has 1 heterocycles.